The standard InChI is InChI=1S/C16H19NO2S/c1-4-5-6-12-7-9-13(10-8-12)15-17-11(2)14(20-15)16(18)19-3/h7-10H,4-6H2,1-3H3. The van der Waals surface area contributed by atoms with Crippen molar-refractivity contribution in [3.8, 4) is 10.6 Å². The predicted octanol–water partition coefficient (Wildman–Crippen LogP) is 4.25. The zero-order valence-electron chi connectivity index (χ0n) is 12.1. The predicted molar refractivity (Wildman–Crippen MR) is 82.2 cm³/mol. The molecule has 0 saturated carbocycles. The van der Waals surface area contributed by atoms with Crippen LogP contribution in [0.3, 0.4) is 0 Å². The van der Waals surface area contributed by atoms with Gasteiger partial charge < -0.3 is 4.74 Å². The Labute approximate surface area is 123 Å². The normalized spacial score (nSPS) is 10.6. The molecule has 20 heavy (non-hydrogen) atoms. The minimum Gasteiger partial charge on any atom is -0.465 e. The Bertz CT molecular complexity index is 587. The summed E-state index contributed by atoms with van der Waals surface area (Å²) in [5, 5.41) is 0.866. The summed E-state index contributed by atoms with van der Waals surface area (Å²) in [6.07, 6.45) is 3.53. The quantitative estimate of drug-likeness (QED) is 0.772. The van der Waals surface area contributed by atoms with Gasteiger partial charge in [-0.05, 0) is 25.3 Å². The third kappa shape index (κ3) is 3.25. The number of aryl methyl sites for hydroxylation is 2. The lowest BCUT2D eigenvalue weighted by atomic mass is 10.1. The fraction of sp³-hybridized carbons (Fsp3) is 0.375. The smallest absolute Gasteiger partial charge is 0.349 e. The molecule has 2 rings (SSSR count). The molecule has 0 radical (unpaired) electrons. The number of nitrogens with zero attached hydrogens (tertiary/aromatic N) is 1. The van der Waals surface area contributed by atoms with Crippen molar-refractivity contribution in [2.75, 3.05) is 7.11 Å². The third-order valence-corrected chi connectivity index (χ3v) is 4.37. The summed E-state index contributed by atoms with van der Waals surface area (Å²) in [5.74, 6) is -0.314. The second-order valence-corrected chi connectivity index (χ2v) is 5.72. The molecule has 0 atom stereocenters. The lowest BCUT2D eigenvalue weighted by Gasteiger charge is -2.01. The van der Waals surface area contributed by atoms with E-state index in [0.717, 1.165) is 22.7 Å². The van der Waals surface area contributed by atoms with E-state index in [1.165, 1.54) is 36.9 Å². The van der Waals surface area contributed by atoms with Crippen molar-refractivity contribution in [1.82, 2.24) is 4.98 Å². The minimum absolute atomic E-state index is 0.314. The zero-order valence-corrected chi connectivity index (χ0v) is 12.9. The van der Waals surface area contributed by atoms with Gasteiger partial charge in [0.1, 0.15) is 9.88 Å². The highest BCUT2D eigenvalue weighted by Crippen LogP contribution is 2.28. The van der Waals surface area contributed by atoms with Crippen molar-refractivity contribution in [2.45, 2.75) is 33.1 Å². The molecular weight excluding hydrogens is 270 g/mol. The first-order valence-corrected chi connectivity index (χ1v) is 7.62. The van der Waals surface area contributed by atoms with Gasteiger partial charge in [-0.25, -0.2) is 9.78 Å². The van der Waals surface area contributed by atoms with Crippen LogP contribution in [0.15, 0.2) is 24.3 Å². The topological polar surface area (TPSA) is 39.2 Å². The molecule has 0 bridgehead atoms. The summed E-state index contributed by atoms with van der Waals surface area (Å²) < 4.78 is 4.76. The Balaban J connectivity index is 2.21. The summed E-state index contributed by atoms with van der Waals surface area (Å²) >= 11 is 1.38. The van der Waals surface area contributed by atoms with Crippen molar-refractivity contribution in [3.05, 3.63) is 40.4 Å². The number of hydrogen-bond acceptors (Lipinski definition) is 4. The molecule has 0 fully saturated rings. The molecule has 1 heterocycles. The van der Waals surface area contributed by atoms with Crippen LogP contribution < -0.4 is 0 Å². The number of esters is 1. The molecule has 0 amide bonds. The van der Waals surface area contributed by atoms with Crippen LogP contribution in [0.25, 0.3) is 10.6 Å². The van der Waals surface area contributed by atoms with E-state index in [1.807, 2.05) is 6.92 Å². The Morgan fingerprint density at radius 2 is 2.00 bits per heavy atom. The first-order chi connectivity index (χ1) is 9.65. The van der Waals surface area contributed by atoms with Crippen LogP contribution in [0.2, 0.25) is 0 Å². The molecule has 2 aromatic rings. The molecule has 0 N–H and O–H groups in total. The van der Waals surface area contributed by atoms with Gasteiger partial charge in [-0.3, -0.25) is 0 Å². The largest absolute Gasteiger partial charge is 0.465 e. The molecule has 4 heteroatoms. The first kappa shape index (κ1) is 14.7. The summed E-state index contributed by atoms with van der Waals surface area (Å²) in [5.41, 5.74) is 3.12. The van der Waals surface area contributed by atoms with Crippen LogP contribution in [0.1, 0.15) is 40.7 Å². The number of hydrogen-bond donors (Lipinski definition) is 0. The number of carbonyl (C=O) groups is 1. The Kier molecular flexibility index (Phi) is 4.90. The Morgan fingerprint density at radius 3 is 2.60 bits per heavy atom. The molecule has 106 valence electrons. The average molecular weight is 289 g/mol. The molecule has 0 aliphatic rings. The molecule has 0 aliphatic carbocycles. The second-order valence-electron chi connectivity index (χ2n) is 4.73. The van der Waals surface area contributed by atoms with Gasteiger partial charge in [0, 0.05) is 5.56 Å². The van der Waals surface area contributed by atoms with E-state index in [0.29, 0.717) is 4.88 Å². The number of unbranched alkanes of at least 4 members (excludes halogenated alkanes) is 1. The van der Waals surface area contributed by atoms with E-state index < -0.39 is 0 Å². The monoisotopic (exact) mass is 289 g/mol. The van der Waals surface area contributed by atoms with Crippen LogP contribution >= 0.6 is 11.3 Å². The van der Waals surface area contributed by atoms with Crippen LogP contribution in [-0.2, 0) is 11.2 Å². The van der Waals surface area contributed by atoms with Gasteiger partial charge in [-0.15, -0.1) is 11.3 Å². The van der Waals surface area contributed by atoms with Crippen molar-refractivity contribution >= 4 is 17.3 Å². The van der Waals surface area contributed by atoms with Gasteiger partial charge in [0.25, 0.3) is 0 Å². The van der Waals surface area contributed by atoms with Gasteiger partial charge >= 0.3 is 5.97 Å². The van der Waals surface area contributed by atoms with Crippen LogP contribution in [0.5, 0.6) is 0 Å². The molecule has 0 spiro atoms. The number of rotatable bonds is 5. The molecule has 0 saturated heterocycles. The van der Waals surface area contributed by atoms with E-state index in [1.54, 1.807) is 0 Å². The van der Waals surface area contributed by atoms with E-state index in [9.17, 15) is 4.79 Å². The van der Waals surface area contributed by atoms with Crippen molar-refractivity contribution in [2.24, 2.45) is 0 Å². The summed E-state index contributed by atoms with van der Waals surface area (Å²) in [6.45, 7) is 4.03. The van der Waals surface area contributed by atoms with Crippen LogP contribution in [0.4, 0.5) is 0 Å². The molecule has 3 nitrogen and oxygen atoms in total. The fourth-order valence-corrected chi connectivity index (χ4v) is 2.99. The summed E-state index contributed by atoms with van der Waals surface area (Å²) in [6, 6.07) is 8.42. The highest BCUT2D eigenvalue weighted by molar-refractivity contribution is 7.17. The molecule has 1 aromatic heterocycles. The Hall–Kier alpha value is -1.68. The molecule has 1 aromatic carbocycles. The summed E-state index contributed by atoms with van der Waals surface area (Å²) in [4.78, 5) is 16.6. The highest BCUT2D eigenvalue weighted by Gasteiger charge is 2.16. The van der Waals surface area contributed by atoms with Gasteiger partial charge in [0.15, 0.2) is 0 Å². The SMILES string of the molecule is CCCCc1ccc(-c2nc(C)c(C(=O)OC)s2)cc1. The number of methoxy groups -OCH3 is 1. The van der Waals surface area contributed by atoms with Gasteiger partial charge in [-0.1, -0.05) is 37.6 Å². The lowest BCUT2D eigenvalue weighted by Crippen LogP contribution is -1.99. The zero-order chi connectivity index (χ0) is 14.5. The number of benzene rings is 1. The van der Waals surface area contributed by atoms with E-state index in [4.69, 9.17) is 4.74 Å². The van der Waals surface area contributed by atoms with Gasteiger partial charge in [0.05, 0.1) is 12.8 Å². The van der Waals surface area contributed by atoms with E-state index in [2.05, 4.69) is 36.2 Å². The molecule has 0 unspecified atom stereocenters. The minimum atomic E-state index is -0.314. The molecular formula is C16H19NO2S. The maximum Gasteiger partial charge on any atom is 0.349 e. The number of ether oxygens (including phenoxy) is 1. The number of aromatic nitrogens is 1. The van der Waals surface area contributed by atoms with Crippen molar-refractivity contribution < 1.29 is 9.53 Å². The van der Waals surface area contributed by atoms with E-state index in [-0.39, 0.29) is 5.97 Å². The fourth-order valence-electron chi connectivity index (χ4n) is 2.00. The first-order valence-electron chi connectivity index (χ1n) is 6.80. The van der Waals surface area contributed by atoms with E-state index >= 15 is 0 Å². The molecule has 0 aliphatic heterocycles. The van der Waals surface area contributed by atoms with Crippen molar-refractivity contribution in [1.29, 1.82) is 0 Å². The second kappa shape index (κ2) is 6.66. The maximum absolute atomic E-state index is 11.6. The third-order valence-electron chi connectivity index (χ3n) is 3.19. The highest BCUT2D eigenvalue weighted by atomic mass is 32.1. The van der Waals surface area contributed by atoms with Gasteiger partial charge in [0.2, 0.25) is 0 Å². The lowest BCUT2D eigenvalue weighted by molar-refractivity contribution is 0.0605. The van der Waals surface area contributed by atoms with Crippen LogP contribution in [-0.4, -0.2) is 18.1 Å². The van der Waals surface area contributed by atoms with Crippen molar-refractivity contribution in [3.63, 3.8) is 0 Å². The maximum atomic E-state index is 11.6. The number of thiazole rings is 1. The number of carbonyl (C=O) groups excluding carboxylic acids is 1. The summed E-state index contributed by atoms with van der Waals surface area (Å²) in [7, 11) is 1.39. The average Bonchev–Trinajstić information content (AvgIpc) is 2.87. The van der Waals surface area contributed by atoms with Crippen LogP contribution in [0, 0.1) is 6.92 Å². The Morgan fingerprint density at radius 1 is 1.30 bits per heavy atom. The van der Waals surface area contributed by atoms with Gasteiger partial charge in [-0.2, -0.15) is 0 Å².